The van der Waals surface area contributed by atoms with Gasteiger partial charge in [0.05, 0.1) is 0 Å². The van der Waals surface area contributed by atoms with E-state index in [4.69, 9.17) is 0 Å². The molecule has 0 spiro atoms. The molecule has 0 aromatic heterocycles. The quantitative estimate of drug-likeness (QED) is 0.508. The van der Waals surface area contributed by atoms with Crippen LogP contribution >= 0.6 is 10.6 Å². The molecule has 0 rings (SSSR count). The van der Waals surface area contributed by atoms with Crippen molar-refractivity contribution in [2.45, 2.75) is 0 Å². The fraction of sp³-hybridized carbons (Fsp3) is 0. The Balaban J connectivity index is -0.00000000167. The first-order valence-electron chi connectivity index (χ1n) is 0.136. The Hall–Kier alpha value is 1.14. The van der Waals surface area contributed by atoms with Gasteiger partial charge >= 0.3 is 41.2 Å². The third-order valence-electron chi connectivity index (χ3n) is 0. The van der Waals surface area contributed by atoms with E-state index in [1.54, 1.807) is 0 Å². The molecule has 0 radical (unpaired) electrons. The minimum absolute atomic E-state index is 0. The predicted molar refractivity (Wildman–Crippen MR) is 11.5 cm³/mol. The van der Waals surface area contributed by atoms with E-state index < -0.39 is 0 Å². The van der Waals surface area contributed by atoms with Crippen LogP contribution in [0.5, 0.6) is 0 Å². The third kappa shape index (κ3) is 39.0. The van der Waals surface area contributed by atoms with Gasteiger partial charge in [-0.1, -0.05) is 0 Å². The fourth-order valence-electron chi connectivity index (χ4n) is 0. The monoisotopic (exact) mass is 183 g/mol. The molecule has 2 nitrogen and oxygen atoms in total. The van der Waals surface area contributed by atoms with Crippen LogP contribution in [0.4, 0.5) is 0 Å². The molecule has 39 valence electrons. The summed E-state index contributed by atoms with van der Waals surface area (Å²) in [6.45, 7) is 0. The first-order chi connectivity index (χ1) is 1.00. The molecular weight excluding hydrogens is 182 g/mol. The normalized spacial score (nSPS) is 1.00. The van der Waals surface area contributed by atoms with Crippen molar-refractivity contribution in [3.05, 3.63) is 0 Å². The van der Waals surface area contributed by atoms with Crippen LogP contribution in [0.3, 0.4) is 0 Å². The number of hydrogen-bond donors (Lipinski definition) is 0. The van der Waals surface area contributed by atoms with Crippen molar-refractivity contribution >= 4 is 10.6 Å². The van der Waals surface area contributed by atoms with Crippen molar-refractivity contribution in [1.82, 2.24) is 0 Å². The van der Waals surface area contributed by atoms with Crippen LogP contribution in [-0.4, -0.2) is 11.0 Å². The first-order valence-corrected chi connectivity index (χ1v) is 1.68. The average molecular weight is 184 g/mol. The predicted octanol–water partition coefficient (Wildman–Crippen LogP) is 0.290. The number of rotatable bonds is 0. The number of hydrogen-bond acceptors (Lipinski definition) is 3. The van der Waals surface area contributed by atoms with E-state index in [1.807, 2.05) is 0 Å². The molecule has 0 bridgehead atoms. The van der Waals surface area contributed by atoms with Gasteiger partial charge in [-0.05, 0) is 0 Å². The molecule has 0 saturated heterocycles. The zero-order valence-corrected chi connectivity index (χ0v) is 4.80. The van der Waals surface area contributed by atoms with E-state index in [2.05, 4.69) is 24.7 Å². The van der Waals surface area contributed by atoms with Crippen LogP contribution in [0.1, 0.15) is 0 Å². The molecule has 0 unspecified atom stereocenters. The topological polar surface area (TPSA) is 60.0 Å². The summed E-state index contributed by atoms with van der Waals surface area (Å²) < 4.78 is 0. The van der Waals surface area contributed by atoms with Crippen molar-refractivity contribution in [3.63, 3.8) is 0 Å². The van der Waals surface area contributed by atoms with Gasteiger partial charge in [0.25, 0.3) is 0 Å². The second kappa shape index (κ2) is 67.8. The molecule has 5 heteroatoms. The van der Waals surface area contributed by atoms with Crippen LogP contribution in [-0.2, 0) is 30.6 Å². The van der Waals surface area contributed by atoms with Gasteiger partial charge < -0.3 is 11.0 Å². The molecule has 0 atom stereocenters. The van der Waals surface area contributed by atoms with E-state index in [0.717, 1.165) is 0 Å². The van der Waals surface area contributed by atoms with Crippen LogP contribution in [0, 0.1) is 0 Å². The minimum atomic E-state index is 0. The van der Waals surface area contributed by atoms with Crippen molar-refractivity contribution in [2.24, 2.45) is 0 Å². The van der Waals surface area contributed by atoms with Crippen LogP contribution in [0.15, 0.2) is 0 Å². The van der Waals surface area contributed by atoms with Gasteiger partial charge in [-0.15, -0.1) is 0 Å². The average Bonchev–Trinajstić information content (AvgIpc) is 1.00. The summed E-state index contributed by atoms with van der Waals surface area (Å²) in [5, 5.41) is 0. The van der Waals surface area contributed by atoms with E-state index in [1.165, 1.54) is 0 Å². The summed E-state index contributed by atoms with van der Waals surface area (Å²) in [5.74, 6) is 0. The van der Waals surface area contributed by atoms with Gasteiger partial charge in [0, 0.05) is 0 Å². The molecule has 0 aromatic carbocycles. The second-order valence-corrected chi connectivity index (χ2v) is 0. The summed E-state index contributed by atoms with van der Waals surface area (Å²) in [4.78, 5) is 0. The van der Waals surface area contributed by atoms with Crippen molar-refractivity contribution in [2.75, 3.05) is 0 Å². The van der Waals surface area contributed by atoms with Crippen molar-refractivity contribution in [3.8, 4) is 0 Å². The molecule has 0 aliphatic rings. The van der Waals surface area contributed by atoms with Gasteiger partial charge in [-0.25, -0.2) is 0 Å². The Labute approximate surface area is 52.3 Å². The maximum atomic E-state index is 3.77. The molecule has 0 saturated carbocycles. The van der Waals surface area contributed by atoms with Crippen LogP contribution < -0.4 is 0 Å². The van der Waals surface area contributed by atoms with Gasteiger partial charge in [0.2, 0.25) is 0 Å². The zero-order valence-electron chi connectivity index (χ0n) is 1.95. The van der Waals surface area contributed by atoms with Crippen LogP contribution in [0.2, 0.25) is 0 Å². The summed E-state index contributed by atoms with van der Waals surface area (Å²) in [5.41, 5.74) is 0. The summed E-state index contributed by atoms with van der Waals surface area (Å²) in [6, 6.07) is 0. The Bertz CT molecular complexity index is 9.61. The van der Waals surface area contributed by atoms with Gasteiger partial charge in [-0.2, -0.15) is 0 Å². The van der Waals surface area contributed by atoms with Crippen LogP contribution in [0.25, 0.3) is 0 Å². The third-order valence-corrected chi connectivity index (χ3v) is 0. The molecule has 0 fully saturated rings. The van der Waals surface area contributed by atoms with Gasteiger partial charge in [0.15, 0.2) is 0 Å². The standard InChI is InChI=1S/Co.Ni.2H2O.S/h;;2*1H2;/q;+2;;;/p-2. The molecule has 0 aliphatic heterocycles. The van der Waals surface area contributed by atoms with Gasteiger partial charge in [-0.3, -0.25) is 0 Å². The van der Waals surface area contributed by atoms with Crippen molar-refractivity contribution < 1.29 is 41.6 Å². The maximum absolute atomic E-state index is 3.77. The summed E-state index contributed by atoms with van der Waals surface area (Å²) in [6.07, 6.45) is 0. The Kier molecular flexibility index (Phi) is 480. The second-order valence-electron chi connectivity index (χ2n) is 0. The van der Waals surface area contributed by atoms with E-state index in [9.17, 15) is 0 Å². The van der Waals surface area contributed by atoms with Crippen molar-refractivity contribution in [1.29, 1.82) is 0 Å². The molecule has 0 heterocycles. The Morgan fingerprint density at radius 1 is 1.00 bits per heavy atom. The van der Waals surface area contributed by atoms with Gasteiger partial charge in [0.1, 0.15) is 0 Å². The summed E-state index contributed by atoms with van der Waals surface area (Å²) >= 11 is 3.15. The van der Waals surface area contributed by atoms with E-state index in [0.29, 0.717) is 0 Å². The first kappa shape index (κ1) is 35.4. The Morgan fingerprint density at radius 3 is 1.00 bits per heavy atom. The molecule has 5 heavy (non-hydrogen) atoms. The zero-order chi connectivity index (χ0) is 2.00. The fourth-order valence-corrected chi connectivity index (χ4v) is 0. The molecule has 0 aromatic rings. The molecule has 0 aliphatic carbocycles. The Morgan fingerprint density at radius 2 is 1.00 bits per heavy atom. The van der Waals surface area contributed by atoms with E-state index >= 15 is 0 Å². The molecule has 0 amide bonds. The molecular formula is H2CoNiO2S. The summed E-state index contributed by atoms with van der Waals surface area (Å²) in [7, 11) is 3.77. The van der Waals surface area contributed by atoms with E-state index in [-0.39, 0.29) is 27.4 Å². The molecule has 2 N–H and O–H groups in total. The SMILES string of the molecule is [Ni+2].[OH-].[OH-].[S]=[Co].